The van der Waals surface area contributed by atoms with Gasteiger partial charge in [0.05, 0.1) is 18.1 Å². The van der Waals surface area contributed by atoms with Crippen LogP contribution in [0.2, 0.25) is 0 Å². The maximum absolute atomic E-state index is 13.5. The van der Waals surface area contributed by atoms with Gasteiger partial charge in [-0.2, -0.15) is 0 Å². The van der Waals surface area contributed by atoms with Gasteiger partial charge >= 0.3 is 11.2 Å². The lowest BCUT2D eigenvalue weighted by atomic mass is 9.43. The highest BCUT2D eigenvalue weighted by Gasteiger charge is 2.84. The summed E-state index contributed by atoms with van der Waals surface area (Å²) in [6.07, 6.45) is 5.80. The van der Waals surface area contributed by atoms with Crippen LogP contribution < -0.4 is 0 Å². The fourth-order valence-electron chi connectivity index (χ4n) is 9.53. The van der Waals surface area contributed by atoms with Crippen molar-refractivity contribution in [2.45, 2.75) is 84.4 Å². The third-order valence-corrected chi connectivity index (χ3v) is 10.9. The van der Waals surface area contributed by atoms with Crippen LogP contribution in [-0.2, 0) is 28.5 Å². The largest absolute Gasteiger partial charge is 0.481 e. The van der Waals surface area contributed by atoms with Crippen molar-refractivity contribution in [3.8, 4) is 0 Å². The molecule has 0 aromatic carbocycles. The molecule has 2 saturated heterocycles. The van der Waals surface area contributed by atoms with Crippen LogP contribution in [0.1, 0.15) is 59.8 Å². The van der Waals surface area contributed by atoms with Gasteiger partial charge in [0.1, 0.15) is 17.8 Å². The molecule has 0 aromatic rings. The predicted molar refractivity (Wildman–Crippen MR) is 129 cm³/mol. The molecule has 5 fully saturated rings. The molecule has 6 aliphatic rings. The summed E-state index contributed by atoms with van der Waals surface area (Å²) in [6, 6.07) is 0. The number of carboxylic acid groups (broad SMARTS) is 1. The monoisotopic (exact) mass is 504 g/mol. The van der Waals surface area contributed by atoms with Crippen LogP contribution >= 0.6 is 12.2 Å². The Hall–Kier alpha value is -1.51. The highest BCUT2D eigenvalue weighted by Crippen LogP contribution is 2.82. The number of rotatable bonds is 6. The van der Waals surface area contributed by atoms with E-state index in [1.54, 1.807) is 0 Å². The van der Waals surface area contributed by atoms with Crippen molar-refractivity contribution >= 4 is 29.7 Å². The minimum absolute atomic E-state index is 0.00593. The summed E-state index contributed by atoms with van der Waals surface area (Å²) >= 11 is 5.09. The van der Waals surface area contributed by atoms with E-state index in [1.807, 2.05) is 6.92 Å². The van der Waals surface area contributed by atoms with Gasteiger partial charge in [0.2, 0.25) is 0 Å². The Kier molecular flexibility index (Phi) is 5.28. The summed E-state index contributed by atoms with van der Waals surface area (Å²) < 4.78 is 23.9. The zero-order valence-corrected chi connectivity index (χ0v) is 21.7. The molecule has 0 radical (unpaired) electrons. The Balaban J connectivity index is 1.38. The Bertz CT molecular complexity index is 994. The number of carbonyl (C=O) groups is 2. The van der Waals surface area contributed by atoms with Crippen LogP contribution in [0, 0.1) is 45.8 Å². The third kappa shape index (κ3) is 2.77. The highest BCUT2D eigenvalue weighted by atomic mass is 32.1. The van der Waals surface area contributed by atoms with Crippen molar-refractivity contribution in [1.29, 1.82) is 0 Å². The number of ether oxygens (including phenoxy) is 4. The normalized spacial score (nSPS) is 51.5. The Labute approximate surface area is 211 Å². The number of allylic oxidation sites excluding steroid dienone is 1. The fraction of sp³-hybridized carbons (Fsp3) is 0.815. The number of hydrogen-bond donors (Lipinski definition) is 1. The van der Waals surface area contributed by atoms with E-state index in [-0.39, 0.29) is 47.9 Å². The molecule has 0 amide bonds. The lowest BCUT2D eigenvalue weighted by Crippen LogP contribution is -2.63. The van der Waals surface area contributed by atoms with Crippen LogP contribution in [-0.4, -0.2) is 53.8 Å². The number of aldehydes is 1. The van der Waals surface area contributed by atoms with Gasteiger partial charge in [0, 0.05) is 24.1 Å². The van der Waals surface area contributed by atoms with Crippen molar-refractivity contribution in [2.24, 2.45) is 45.8 Å². The number of hydrogen-bond acceptors (Lipinski definition) is 7. The Morgan fingerprint density at radius 1 is 1.29 bits per heavy atom. The molecule has 8 heteroatoms. The van der Waals surface area contributed by atoms with Gasteiger partial charge in [-0.1, -0.05) is 38.8 Å². The van der Waals surface area contributed by atoms with Crippen LogP contribution in [0.25, 0.3) is 0 Å². The second-order valence-corrected chi connectivity index (χ2v) is 12.6. The van der Waals surface area contributed by atoms with Gasteiger partial charge in [-0.3, -0.25) is 4.79 Å². The lowest BCUT2D eigenvalue weighted by molar-refractivity contribution is -0.248. The summed E-state index contributed by atoms with van der Waals surface area (Å²) in [7, 11) is 0. The summed E-state index contributed by atoms with van der Waals surface area (Å²) in [5.74, 6) is 0.112. The maximum atomic E-state index is 13.5. The standard InChI is InChI=1S/C27H36O7S/c1-13(2)19-7-16-9-25(11-28)18-6-5-14(3)17(18)10-26(16,27(19,25)23(29)30)12-31-21-8-20-22(15(4)32-21)34-24(35)33-20/h7,11,13-18,20-22H,5-6,8-10,12H2,1-4H3,(H,29,30)/t14?,15-,16?,17?,18?,20+,21-,22-,25?,26?,27?/m1/s1. The van der Waals surface area contributed by atoms with E-state index >= 15 is 0 Å². The SMILES string of the molecule is CC(C)C1=CC2CC3(C=O)C4CCC(C)C4CC2(CO[C@H]2C[C@@H]4OC(=S)O[C@@H]4[C@@H](C)O2)C13C(=O)O. The molecule has 0 aromatic heterocycles. The smallest absolute Gasteiger partial charge is 0.353 e. The summed E-state index contributed by atoms with van der Waals surface area (Å²) in [4.78, 5) is 26.6. The van der Waals surface area contributed by atoms with Crippen molar-refractivity contribution in [3.05, 3.63) is 11.6 Å². The quantitative estimate of drug-likeness (QED) is 0.328. The molecule has 2 aliphatic heterocycles. The average molecular weight is 505 g/mol. The van der Waals surface area contributed by atoms with E-state index in [4.69, 9.17) is 31.2 Å². The molecule has 192 valence electrons. The van der Waals surface area contributed by atoms with E-state index in [0.717, 1.165) is 31.1 Å². The number of fused-ring (bicyclic) bond motifs is 3. The first-order valence-corrected chi connectivity index (χ1v) is 13.6. The number of carbonyl (C=O) groups excluding carboxylic acids is 1. The van der Waals surface area contributed by atoms with Crippen molar-refractivity contribution < 1.29 is 33.6 Å². The molecule has 7 unspecified atom stereocenters. The van der Waals surface area contributed by atoms with Crippen molar-refractivity contribution in [3.63, 3.8) is 0 Å². The topological polar surface area (TPSA) is 91.3 Å². The highest BCUT2D eigenvalue weighted by molar-refractivity contribution is 7.79. The first-order valence-electron chi connectivity index (χ1n) is 13.2. The van der Waals surface area contributed by atoms with Gasteiger partial charge in [-0.05, 0) is 55.8 Å². The number of thiocarbonyl (C=S) groups is 1. The molecule has 4 bridgehead atoms. The third-order valence-electron chi connectivity index (χ3n) is 10.7. The van der Waals surface area contributed by atoms with Gasteiger partial charge < -0.3 is 28.8 Å². The predicted octanol–water partition coefficient (Wildman–Crippen LogP) is 4.13. The molecule has 0 spiro atoms. The molecule has 3 saturated carbocycles. The van der Waals surface area contributed by atoms with Gasteiger partial charge in [-0.15, -0.1) is 0 Å². The summed E-state index contributed by atoms with van der Waals surface area (Å²) in [5, 5.41) is 11.2. The van der Waals surface area contributed by atoms with Crippen LogP contribution in [0.4, 0.5) is 0 Å². The molecule has 11 atom stereocenters. The minimum Gasteiger partial charge on any atom is -0.481 e. The first kappa shape index (κ1) is 23.9. The first-order chi connectivity index (χ1) is 16.6. The second kappa shape index (κ2) is 7.75. The fourth-order valence-corrected chi connectivity index (χ4v) is 9.77. The van der Waals surface area contributed by atoms with Gasteiger partial charge in [0.25, 0.3) is 0 Å². The maximum Gasteiger partial charge on any atom is 0.353 e. The zero-order valence-electron chi connectivity index (χ0n) is 20.9. The molecule has 1 N–H and O–H groups in total. The molecular weight excluding hydrogens is 468 g/mol. The van der Waals surface area contributed by atoms with Crippen LogP contribution in [0.5, 0.6) is 0 Å². The second-order valence-electron chi connectivity index (χ2n) is 12.3. The zero-order chi connectivity index (χ0) is 24.9. The van der Waals surface area contributed by atoms with Crippen LogP contribution in [0.15, 0.2) is 11.6 Å². The number of aliphatic carboxylic acids is 1. The minimum atomic E-state index is -1.23. The summed E-state index contributed by atoms with van der Waals surface area (Å²) in [5.41, 5.74) is -1.85. The van der Waals surface area contributed by atoms with E-state index in [2.05, 4.69) is 26.8 Å². The van der Waals surface area contributed by atoms with Crippen molar-refractivity contribution in [2.75, 3.05) is 6.61 Å². The molecule has 4 aliphatic carbocycles. The van der Waals surface area contributed by atoms with Crippen molar-refractivity contribution in [1.82, 2.24) is 0 Å². The van der Waals surface area contributed by atoms with E-state index in [0.29, 0.717) is 24.7 Å². The molecule has 7 nitrogen and oxygen atoms in total. The molecule has 2 heterocycles. The van der Waals surface area contributed by atoms with E-state index in [1.165, 1.54) is 0 Å². The Morgan fingerprint density at radius 3 is 2.74 bits per heavy atom. The molecular formula is C27H36O7S. The lowest BCUT2D eigenvalue weighted by Gasteiger charge is -2.58. The van der Waals surface area contributed by atoms with Crippen LogP contribution in [0.3, 0.4) is 0 Å². The van der Waals surface area contributed by atoms with E-state index in [9.17, 15) is 14.7 Å². The van der Waals surface area contributed by atoms with E-state index < -0.39 is 28.5 Å². The Morgan fingerprint density at radius 2 is 2.06 bits per heavy atom. The van der Waals surface area contributed by atoms with Gasteiger partial charge in [-0.25, -0.2) is 0 Å². The molecule has 6 rings (SSSR count). The molecule has 35 heavy (non-hydrogen) atoms. The average Bonchev–Trinajstić information content (AvgIpc) is 3.49. The number of carboxylic acids is 1. The van der Waals surface area contributed by atoms with Gasteiger partial charge in [0.15, 0.2) is 12.4 Å². The summed E-state index contributed by atoms with van der Waals surface area (Å²) in [6.45, 7) is 8.55.